The summed E-state index contributed by atoms with van der Waals surface area (Å²) in [7, 11) is 0. The van der Waals surface area contributed by atoms with Gasteiger partial charge in [0.25, 0.3) is 0 Å². The molecule has 0 spiro atoms. The minimum Gasteiger partial charge on any atom is -0.508 e. The van der Waals surface area contributed by atoms with Gasteiger partial charge >= 0.3 is 11.9 Å². The van der Waals surface area contributed by atoms with E-state index in [0.717, 1.165) is 5.56 Å². The minimum absolute atomic E-state index is 0.0585. The van der Waals surface area contributed by atoms with Crippen molar-refractivity contribution in [1.29, 1.82) is 0 Å². The molecule has 3 aromatic carbocycles. The molecule has 0 radical (unpaired) electrons. The lowest BCUT2D eigenvalue weighted by molar-refractivity contribution is 0.0685. The highest BCUT2D eigenvalue weighted by Crippen LogP contribution is 2.22. The molecule has 0 aliphatic carbocycles. The SMILES string of the molecule is O=C(O)c1cc(Br)cc(OCc2ccccc2)c1.O=C(O)c1cc(O)cc(Br)c1. The van der Waals surface area contributed by atoms with Gasteiger partial charge in [-0.05, 0) is 42.0 Å². The van der Waals surface area contributed by atoms with Crippen molar-refractivity contribution >= 4 is 43.8 Å². The summed E-state index contributed by atoms with van der Waals surface area (Å²) < 4.78 is 6.81. The molecule has 29 heavy (non-hydrogen) atoms. The molecular weight excluding hydrogens is 508 g/mol. The molecule has 3 rings (SSSR count). The van der Waals surface area contributed by atoms with Crippen molar-refractivity contribution in [3.8, 4) is 11.5 Å². The average molecular weight is 524 g/mol. The number of rotatable bonds is 5. The van der Waals surface area contributed by atoms with E-state index in [1.807, 2.05) is 30.3 Å². The number of carboxylic acid groups (broad SMARTS) is 2. The van der Waals surface area contributed by atoms with Crippen molar-refractivity contribution in [1.82, 2.24) is 0 Å². The van der Waals surface area contributed by atoms with Crippen LogP contribution in [-0.2, 0) is 6.61 Å². The summed E-state index contributed by atoms with van der Waals surface area (Å²) >= 11 is 6.32. The summed E-state index contributed by atoms with van der Waals surface area (Å²) in [5.74, 6) is -1.55. The zero-order valence-electron chi connectivity index (χ0n) is 14.9. The van der Waals surface area contributed by atoms with Gasteiger partial charge in [-0.25, -0.2) is 9.59 Å². The second-order valence-electron chi connectivity index (χ2n) is 5.76. The van der Waals surface area contributed by atoms with Gasteiger partial charge in [0, 0.05) is 8.95 Å². The topological polar surface area (TPSA) is 104 Å². The molecule has 0 bridgehead atoms. The van der Waals surface area contributed by atoms with Gasteiger partial charge < -0.3 is 20.1 Å². The highest BCUT2D eigenvalue weighted by Gasteiger charge is 2.07. The van der Waals surface area contributed by atoms with Crippen molar-refractivity contribution in [3.63, 3.8) is 0 Å². The standard InChI is InChI=1S/C14H11BrO3.C7H5BrO3/c15-12-6-11(14(16)17)7-13(8-12)18-9-10-4-2-1-3-5-10;8-5-1-4(7(10)11)2-6(9)3-5/h1-8H,9H2,(H,16,17);1-3,9H,(H,10,11). The van der Waals surface area contributed by atoms with E-state index in [2.05, 4.69) is 31.9 Å². The van der Waals surface area contributed by atoms with Crippen molar-refractivity contribution in [2.75, 3.05) is 0 Å². The highest BCUT2D eigenvalue weighted by molar-refractivity contribution is 9.10. The molecule has 0 aliphatic rings. The number of carboxylic acids is 2. The average Bonchev–Trinajstić information content (AvgIpc) is 2.66. The fraction of sp³-hybridized carbons (Fsp3) is 0.0476. The van der Waals surface area contributed by atoms with Gasteiger partial charge in [0.2, 0.25) is 0 Å². The van der Waals surface area contributed by atoms with E-state index in [1.165, 1.54) is 30.3 Å². The van der Waals surface area contributed by atoms with Gasteiger partial charge in [0.1, 0.15) is 18.1 Å². The van der Waals surface area contributed by atoms with E-state index < -0.39 is 11.9 Å². The first-order valence-corrected chi connectivity index (χ1v) is 9.76. The molecule has 0 fully saturated rings. The number of aromatic hydroxyl groups is 1. The number of phenols is 1. The Morgan fingerprint density at radius 3 is 1.90 bits per heavy atom. The second kappa shape index (κ2) is 10.6. The molecule has 0 saturated heterocycles. The smallest absolute Gasteiger partial charge is 0.335 e. The van der Waals surface area contributed by atoms with Crippen LogP contribution in [0, 0.1) is 0 Å². The van der Waals surface area contributed by atoms with Gasteiger partial charge in [-0.15, -0.1) is 0 Å². The summed E-state index contributed by atoms with van der Waals surface area (Å²) in [5.41, 5.74) is 1.30. The second-order valence-corrected chi connectivity index (χ2v) is 7.59. The first-order chi connectivity index (χ1) is 13.7. The van der Waals surface area contributed by atoms with Crippen LogP contribution in [0.2, 0.25) is 0 Å². The summed E-state index contributed by atoms with van der Waals surface area (Å²) in [6.07, 6.45) is 0. The Hall–Kier alpha value is -2.84. The quantitative estimate of drug-likeness (QED) is 0.403. The normalized spacial score (nSPS) is 9.86. The zero-order valence-corrected chi connectivity index (χ0v) is 18.1. The summed E-state index contributed by atoms with van der Waals surface area (Å²) in [4.78, 5) is 21.3. The monoisotopic (exact) mass is 522 g/mol. The molecule has 0 heterocycles. The van der Waals surface area contributed by atoms with Crippen LogP contribution in [-0.4, -0.2) is 27.3 Å². The Kier molecular flexibility index (Phi) is 8.23. The lowest BCUT2D eigenvalue weighted by atomic mass is 10.2. The van der Waals surface area contributed by atoms with Crippen molar-refractivity contribution in [3.05, 3.63) is 92.4 Å². The van der Waals surface area contributed by atoms with E-state index >= 15 is 0 Å². The van der Waals surface area contributed by atoms with E-state index in [-0.39, 0.29) is 16.9 Å². The number of hydrogen-bond donors (Lipinski definition) is 3. The van der Waals surface area contributed by atoms with Crippen molar-refractivity contribution < 1.29 is 29.6 Å². The molecule has 0 aromatic heterocycles. The number of carbonyl (C=O) groups is 2. The van der Waals surface area contributed by atoms with Crippen molar-refractivity contribution in [2.24, 2.45) is 0 Å². The van der Waals surface area contributed by atoms with E-state index in [1.54, 1.807) is 6.07 Å². The van der Waals surface area contributed by atoms with Crippen LogP contribution in [0.3, 0.4) is 0 Å². The van der Waals surface area contributed by atoms with Crippen LogP contribution in [0.5, 0.6) is 11.5 Å². The van der Waals surface area contributed by atoms with Gasteiger partial charge in [0.05, 0.1) is 11.1 Å². The third-order valence-corrected chi connectivity index (χ3v) is 4.41. The lowest BCUT2D eigenvalue weighted by Gasteiger charge is -2.07. The Morgan fingerprint density at radius 1 is 0.793 bits per heavy atom. The molecule has 0 amide bonds. The van der Waals surface area contributed by atoms with Crippen LogP contribution in [0.1, 0.15) is 26.3 Å². The molecule has 0 atom stereocenters. The van der Waals surface area contributed by atoms with Crippen LogP contribution in [0.25, 0.3) is 0 Å². The van der Waals surface area contributed by atoms with E-state index in [9.17, 15) is 9.59 Å². The van der Waals surface area contributed by atoms with Gasteiger partial charge in [-0.1, -0.05) is 62.2 Å². The molecule has 3 N–H and O–H groups in total. The Morgan fingerprint density at radius 2 is 1.34 bits per heavy atom. The molecule has 0 aliphatic heterocycles. The van der Waals surface area contributed by atoms with Gasteiger partial charge in [-0.3, -0.25) is 0 Å². The lowest BCUT2D eigenvalue weighted by Crippen LogP contribution is -1.99. The number of phenolic OH excluding ortho intramolecular Hbond substituents is 1. The zero-order chi connectivity index (χ0) is 21.4. The first kappa shape index (κ1) is 22.4. The maximum atomic E-state index is 10.9. The van der Waals surface area contributed by atoms with Crippen molar-refractivity contribution in [2.45, 2.75) is 6.61 Å². The molecule has 6 nitrogen and oxygen atoms in total. The molecule has 0 unspecified atom stereocenters. The predicted molar refractivity (Wildman–Crippen MR) is 115 cm³/mol. The molecular formula is C21H16Br2O6. The van der Waals surface area contributed by atoms with Crippen LogP contribution < -0.4 is 4.74 Å². The number of aromatic carboxylic acids is 2. The Bertz CT molecular complexity index is 985. The Labute approximate surface area is 183 Å². The fourth-order valence-electron chi connectivity index (χ4n) is 2.21. The number of hydrogen-bond acceptors (Lipinski definition) is 4. The van der Waals surface area contributed by atoms with Crippen LogP contribution in [0.15, 0.2) is 75.7 Å². The van der Waals surface area contributed by atoms with Crippen LogP contribution in [0.4, 0.5) is 0 Å². The Balaban J connectivity index is 0.000000234. The fourth-order valence-corrected chi connectivity index (χ4v) is 3.16. The van der Waals surface area contributed by atoms with Gasteiger partial charge in [0.15, 0.2) is 0 Å². The minimum atomic E-state index is -1.05. The maximum absolute atomic E-state index is 10.9. The van der Waals surface area contributed by atoms with E-state index in [0.29, 0.717) is 21.3 Å². The van der Waals surface area contributed by atoms with Gasteiger partial charge in [-0.2, -0.15) is 0 Å². The molecule has 8 heteroatoms. The highest BCUT2D eigenvalue weighted by atomic mass is 79.9. The molecule has 3 aromatic rings. The molecule has 150 valence electrons. The number of ether oxygens (including phenoxy) is 1. The maximum Gasteiger partial charge on any atom is 0.335 e. The number of benzene rings is 3. The summed E-state index contributed by atoms with van der Waals surface area (Å²) in [5, 5.41) is 26.4. The summed E-state index contributed by atoms with van der Waals surface area (Å²) in [6.45, 7) is 0.413. The number of halogens is 2. The largest absolute Gasteiger partial charge is 0.508 e. The van der Waals surface area contributed by atoms with E-state index in [4.69, 9.17) is 20.1 Å². The molecule has 0 saturated carbocycles. The summed E-state index contributed by atoms with van der Waals surface area (Å²) in [6, 6.07) is 18.5. The third-order valence-electron chi connectivity index (χ3n) is 3.50. The first-order valence-electron chi connectivity index (χ1n) is 8.18. The third kappa shape index (κ3) is 7.59. The van der Waals surface area contributed by atoms with Crippen LogP contribution >= 0.6 is 31.9 Å². The predicted octanol–water partition coefficient (Wildman–Crippen LogP) is 5.58.